The number of hydrogen-bond donors (Lipinski definition) is 1. The maximum atomic E-state index is 14.4. The van der Waals surface area contributed by atoms with Gasteiger partial charge in [-0.15, -0.1) is 11.3 Å². The average Bonchev–Trinajstić information content (AvgIpc) is 2.89. The minimum absolute atomic E-state index is 0.00204. The van der Waals surface area contributed by atoms with Crippen molar-refractivity contribution in [3.8, 4) is 0 Å². The zero-order valence-electron chi connectivity index (χ0n) is 15.0. The van der Waals surface area contributed by atoms with Gasteiger partial charge in [0.05, 0.1) is 11.3 Å². The van der Waals surface area contributed by atoms with Crippen molar-refractivity contribution in [3.63, 3.8) is 0 Å². The van der Waals surface area contributed by atoms with Crippen LogP contribution in [0.3, 0.4) is 0 Å². The molecule has 5 nitrogen and oxygen atoms in total. The number of hydrogen-bond acceptors (Lipinski definition) is 5. The van der Waals surface area contributed by atoms with E-state index < -0.39 is 23.5 Å². The summed E-state index contributed by atoms with van der Waals surface area (Å²) in [5.41, 5.74) is 5.82. The van der Waals surface area contributed by atoms with Crippen LogP contribution < -0.4 is 5.73 Å². The molecule has 0 radical (unpaired) electrons. The van der Waals surface area contributed by atoms with Crippen LogP contribution in [0.15, 0.2) is 47.8 Å². The van der Waals surface area contributed by atoms with E-state index in [-0.39, 0.29) is 33.7 Å². The summed E-state index contributed by atoms with van der Waals surface area (Å²) in [5.74, 6) is -2.08. The van der Waals surface area contributed by atoms with Gasteiger partial charge in [0, 0.05) is 16.5 Å². The molecule has 1 aliphatic carbocycles. The van der Waals surface area contributed by atoms with E-state index in [0.717, 1.165) is 23.5 Å². The summed E-state index contributed by atoms with van der Waals surface area (Å²) in [6, 6.07) is 2.03. The monoisotopic (exact) mass is 405 g/mol. The number of halogens is 2. The highest BCUT2D eigenvalue weighted by Crippen LogP contribution is 2.36. The number of thiophene rings is 1. The second kappa shape index (κ2) is 8.35. The lowest BCUT2D eigenvalue weighted by atomic mass is 10.1. The van der Waals surface area contributed by atoms with Crippen molar-refractivity contribution in [2.75, 3.05) is 6.61 Å². The molecule has 0 saturated heterocycles. The summed E-state index contributed by atoms with van der Waals surface area (Å²) in [5, 5.41) is 0.00204. The first kappa shape index (κ1) is 19.8. The Hall–Kier alpha value is -3.00. The van der Waals surface area contributed by atoms with Crippen molar-refractivity contribution in [2.24, 2.45) is 5.73 Å². The summed E-state index contributed by atoms with van der Waals surface area (Å²) < 4.78 is 39.3. The molecule has 0 atom stereocenters. The molecule has 28 heavy (non-hydrogen) atoms. The molecule has 0 fully saturated rings. The summed E-state index contributed by atoms with van der Waals surface area (Å²) in [6.07, 6.45) is 6.84. The van der Waals surface area contributed by atoms with Crippen molar-refractivity contribution >= 4 is 33.3 Å². The van der Waals surface area contributed by atoms with Crippen LogP contribution in [0, 0.1) is 11.6 Å². The maximum absolute atomic E-state index is 14.4. The van der Waals surface area contributed by atoms with E-state index in [0.29, 0.717) is 17.8 Å². The Balaban J connectivity index is 1.94. The Morgan fingerprint density at radius 1 is 1.18 bits per heavy atom. The summed E-state index contributed by atoms with van der Waals surface area (Å²) in [4.78, 5) is 23.6. The predicted octanol–water partition coefficient (Wildman–Crippen LogP) is 4.13. The Kier molecular flexibility index (Phi) is 5.89. The van der Waals surface area contributed by atoms with Crippen LogP contribution in [-0.4, -0.2) is 18.5 Å². The smallest absolute Gasteiger partial charge is 0.348 e. The SMILES string of the molecule is CCOC(=O)c1sc2c(F)ccc(F)c2c1COC1=CCC=C(C(N)=O)C=C1. The van der Waals surface area contributed by atoms with Crippen LogP contribution in [0.1, 0.15) is 28.6 Å². The molecule has 0 spiro atoms. The molecular weight excluding hydrogens is 388 g/mol. The van der Waals surface area contributed by atoms with E-state index in [9.17, 15) is 18.4 Å². The molecule has 0 aliphatic heterocycles. The predicted molar refractivity (Wildman–Crippen MR) is 102 cm³/mol. The highest BCUT2D eigenvalue weighted by molar-refractivity contribution is 7.21. The molecule has 146 valence electrons. The fourth-order valence-electron chi connectivity index (χ4n) is 2.75. The molecule has 1 amide bonds. The molecule has 0 unspecified atom stereocenters. The summed E-state index contributed by atoms with van der Waals surface area (Å²) in [7, 11) is 0. The van der Waals surface area contributed by atoms with Crippen molar-refractivity contribution in [3.05, 3.63) is 69.8 Å². The lowest BCUT2D eigenvalue weighted by molar-refractivity contribution is -0.114. The molecule has 2 aromatic rings. The van der Waals surface area contributed by atoms with E-state index in [4.69, 9.17) is 15.2 Å². The third-order valence-corrected chi connectivity index (χ3v) is 5.27. The fourth-order valence-corrected chi connectivity index (χ4v) is 3.86. The van der Waals surface area contributed by atoms with Crippen LogP contribution >= 0.6 is 11.3 Å². The van der Waals surface area contributed by atoms with Gasteiger partial charge in [-0.25, -0.2) is 13.6 Å². The quantitative estimate of drug-likeness (QED) is 0.733. The molecule has 1 aliphatic rings. The van der Waals surface area contributed by atoms with Gasteiger partial charge in [0.25, 0.3) is 0 Å². The minimum atomic E-state index is -0.663. The third-order valence-electron chi connectivity index (χ3n) is 4.05. The van der Waals surface area contributed by atoms with Crippen LogP contribution in [0.25, 0.3) is 10.1 Å². The second-order valence-electron chi connectivity index (χ2n) is 5.85. The largest absolute Gasteiger partial charge is 0.489 e. The van der Waals surface area contributed by atoms with Gasteiger partial charge < -0.3 is 15.2 Å². The standard InChI is InChI=1S/C20H17F2NO4S/c1-2-26-20(25)17-13(16-14(21)8-9-15(22)18(16)28-17)10-27-12-5-3-4-11(6-7-12)19(23)24/h4-9H,2-3,10H2,1H3,(H2,23,24). The number of fused-ring (bicyclic) bond motifs is 1. The van der Waals surface area contributed by atoms with Crippen molar-refractivity contribution < 1.29 is 27.8 Å². The Morgan fingerprint density at radius 3 is 2.64 bits per heavy atom. The van der Waals surface area contributed by atoms with Crippen molar-refractivity contribution in [2.45, 2.75) is 20.0 Å². The first-order chi connectivity index (χ1) is 13.4. The molecule has 8 heteroatoms. The van der Waals surface area contributed by atoms with Gasteiger partial charge in [-0.3, -0.25) is 4.79 Å². The van der Waals surface area contributed by atoms with Gasteiger partial charge >= 0.3 is 5.97 Å². The first-order valence-corrected chi connectivity index (χ1v) is 9.31. The normalized spacial score (nSPS) is 13.7. The number of rotatable bonds is 6. The number of amides is 1. The zero-order valence-corrected chi connectivity index (χ0v) is 15.8. The zero-order chi connectivity index (χ0) is 20.3. The van der Waals surface area contributed by atoms with Gasteiger partial charge in [-0.05, 0) is 43.7 Å². The van der Waals surface area contributed by atoms with Gasteiger partial charge in [0.1, 0.15) is 28.9 Å². The molecule has 1 aromatic carbocycles. The summed E-state index contributed by atoms with van der Waals surface area (Å²) in [6.45, 7) is 1.61. The number of nitrogens with two attached hydrogens (primary N) is 1. The molecule has 0 saturated carbocycles. The fraction of sp³-hybridized carbons (Fsp3) is 0.200. The summed E-state index contributed by atoms with van der Waals surface area (Å²) >= 11 is 0.829. The van der Waals surface area contributed by atoms with Gasteiger partial charge in [-0.1, -0.05) is 6.08 Å². The number of allylic oxidation sites excluding steroid dienone is 3. The molecule has 0 bridgehead atoms. The van der Waals surface area contributed by atoms with Crippen molar-refractivity contribution in [1.29, 1.82) is 0 Å². The number of benzene rings is 1. The molecular formula is C20H17F2NO4S. The average molecular weight is 405 g/mol. The van der Waals surface area contributed by atoms with Crippen LogP contribution in [0.4, 0.5) is 8.78 Å². The van der Waals surface area contributed by atoms with Gasteiger partial charge in [0.2, 0.25) is 5.91 Å². The Labute approximate surface area is 163 Å². The topological polar surface area (TPSA) is 78.6 Å². The molecule has 1 heterocycles. The molecule has 3 rings (SSSR count). The lowest BCUT2D eigenvalue weighted by Gasteiger charge is -2.09. The van der Waals surface area contributed by atoms with E-state index >= 15 is 0 Å². The number of ether oxygens (including phenoxy) is 2. The van der Waals surface area contributed by atoms with Crippen LogP contribution in [0.5, 0.6) is 0 Å². The van der Waals surface area contributed by atoms with E-state index in [1.807, 2.05) is 0 Å². The van der Waals surface area contributed by atoms with E-state index in [1.165, 1.54) is 6.08 Å². The highest BCUT2D eigenvalue weighted by Gasteiger charge is 2.24. The minimum Gasteiger partial charge on any atom is -0.489 e. The molecule has 1 aromatic heterocycles. The maximum Gasteiger partial charge on any atom is 0.348 e. The number of esters is 1. The second-order valence-corrected chi connectivity index (χ2v) is 6.87. The van der Waals surface area contributed by atoms with E-state index in [2.05, 4.69) is 0 Å². The Bertz CT molecular complexity index is 1040. The Morgan fingerprint density at radius 2 is 1.93 bits per heavy atom. The highest BCUT2D eigenvalue weighted by atomic mass is 32.1. The van der Waals surface area contributed by atoms with Crippen LogP contribution in [0.2, 0.25) is 0 Å². The number of carbonyl (C=O) groups is 2. The van der Waals surface area contributed by atoms with Crippen molar-refractivity contribution in [1.82, 2.24) is 0 Å². The number of carbonyl (C=O) groups excluding carboxylic acids is 2. The molecule has 2 N–H and O–H groups in total. The van der Waals surface area contributed by atoms with Crippen LogP contribution in [-0.2, 0) is 20.9 Å². The van der Waals surface area contributed by atoms with Gasteiger partial charge in [0.15, 0.2) is 0 Å². The first-order valence-electron chi connectivity index (χ1n) is 8.49. The lowest BCUT2D eigenvalue weighted by Crippen LogP contribution is -2.12. The number of primary amides is 1. The third kappa shape index (κ3) is 3.96. The van der Waals surface area contributed by atoms with Gasteiger partial charge in [-0.2, -0.15) is 0 Å². The van der Waals surface area contributed by atoms with E-state index in [1.54, 1.807) is 25.2 Å².